The highest BCUT2D eigenvalue weighted by atomic mass is 35.5. The van der Waals surface area contributed by atoms with E-state index < -0.39 is 0 Å². The van der Waals surface area contributed by atoms with Crippen LogP contribution < -0.4 is 5.73 Å². The van der Waals surface area contributed by atoms with Crippen LogP contribution in [-0.2, 0) is 19.5 Å². The lowest BCUT2D eigenvalue weighted by Crippen LogP contribution is -2.30. The molecule has 0 saturated carbocycles. The number of fused-ring (bicyclic) bond motifs is 1. The van der Waals surface area contributed by atoms with E-state index in [1.54, 1.807) is 12.1 Å². The Morgan fingerprint density at radius 2 is 2.00 bits per heavy atom. The second kappa shape index (κ2) is 5.43. The van der Waals surface area contributed by atoms with Crippen molar-refractivity contribution in [2.24, 2.45) is 0 Å². The minimum Gasteiger partial charge on any atom is -0.399 e. The van der Waals surface area contributed by atoms with Crippen LogP contribution in [0.15, 0.2) is 36.4 Å². The Labute approximate surface area is 123 Å². The predicted octanol–water partition coefficient (Wildman–Crippen LogP) is 3.62. The van der Waals surface area contributed by atoms with Crippen LogP contribution in [0.1, 0.15) is 16.7 Å². The van der Waals surface area contributed by atoms with Crippen molar-refractivity contribution in [3.8, 4) is 0 Å². The number of nitrogens with zero attached hydrogens (tertiary/aromatic N) is 1. The molecular formula is C16H16ClFN2. The zero-order valence-electron chi connectivity index (χ0n) is 11.1. The number of nitrogens with two attached hydrogens (primary N) is 1. The number of rotatable bonds is 2. The molecule has 1 aliphatic heterocycles. The molecule has 4 heteroatoms. The molecule has 1 heterocycles. The summed E-state index contributed by atoms with van der Waals surface area (Å²) in [5.74, 6) is -0.240. The van der Waals surface area contributed by atoms with Gasteiger partial charge in [0.1, 0.15) is 5.82 Å². The van der Waals surface area contributed by atoms with Crippen LogP contribution in [0.25, 0.3) is 0 Å². The van der Waals surface area contributed by atoms with Gasteiger partial charge in [0.2, 0.25) is 0 Å². The van der Waals surface area contributed by atoms with Gasteiger partial charge in [-0.1, -0.05) is 23.7 Å². The van der Waals surface area contributed by atoms with E-state index in [1.807, 2.05) is 12.1 Å². The molecule has 3 rings (SSSR count). The molecule has 0 radical (unpaired) electrons. The first-order chi connectivity index (χ1) is 9.61. The van der Waals surface area contributed by atoms with Gasteiger partial charge in [-0.15, -0.1) is 0 Å². The fourth-order valence-electron chi connectivity index (χ4n) is 2.66. The summed E-state index contributed by atoms with van der Waals surface area (Å²) in [5, 5.41) is 0.433. The molecule has 2 N–H and O–H groups in total. The summed E-state index contributed by atoms with van der Waals surface area (Å²) in [6, 6.07) is 10.9. The molecule has 0 saturated heterocycles. The quantitative estimate of drug-likeness (QED) is 0.856. The lowest BCUT2D eigenvalue weighted by molar-refractivity contribution is 0.242. The molecule has 20 heavy (non-hydrogen) atoms. The van der Waals surface area contributed by atoms with Crippen LogP contribution in [0.2, 0.25) is 5.02 Å². The van der Waals surface area contributed by atoms with E-state index >= 15 is 0 Å². The van der Waals surface area contributed by atoms with E-state index in [0.717, 1.165) is 25.2 Å². The Morgan fingerprint density at radius 3 is 2.80 bits per heavy atom. The minimum atomic E-state index is -0.240. The van der Waals surface area contributed by atoms with Crippen molar-refractivity contribution in [2.45, 2.75) is 19.5 Å². The van der Waals surface area contributed by atoms with Gasteiger partial charge >= 0.3 is 0 Å². The first-order valence-corrected chi connectivity index (χ1v) is 7.03. The van der Waals surface area contributed by atoms with Gasteiger partial charge < -0.3 is 5.73 Å². The summed E-state index contributed by atoms with van der Waals surface area (Å²) < 4.78 is 13.8. The SMILES string of the molecule is Nc1ccc2c(c1)CN(Cc1ccc(Cl)cc1F)CC2. The number of halogens is 2. The van der Waals surface area contributed by atoms with E-state index in [1.165, 1.54) is 17.2 Å². The Balaban J connectivity index is 1.77. The van der Waals surface area contributed by atoms with Crippen LogP contribution >= 0.6 is 11.6 Å². The van der Waals surface area contributed by atoms with E-state index in [-0.39, 0.29) is 5.82 Å². The van der Waals surface area contributed by atoms with E-state index in [2.05, 4.69) is 11.0 Å². The van der Waals surface area contributed by atoms with E-state index in [9.17, 15) is 4.39 Å². The standard InChI is InChI=1S/C16H16ClFN2/c17-14-3-1-12(16(18)8-14)9-20-6-5-11-2-4-15(19)7-13(11)10-20/h1-4,7-8H,5-6,9-10,19H2. The molecule has 0 aliphatic carbocycles. The Bertz CT molecular complexity index is 642. The third-order valence-corrected chi connectivity index (χ3v) is 3.97. The Kier molecular flexibility index (Phi) is 3.64. The van der Waals surface area contributed by atoms with E-state index in [4.69, 9.17) is 17.3 Å². The van der Waals surface area contributed by atoms with Gasteiger partial charge in [-0.2, -0.15) is 0 Å². The van der Waals surface area contributed by atoms with Gasteiger partial charge in [0.25, 0.3) is 0 Å². The molecule has 0 atom stereocenters. The first kappa shape index (κ1) is 13.4. The van der Waals surface area contributed by atoms with Crippen molar-refractivity contribution < 1.29 is 4.39 Å². The van der Waals surface area contributed by atoms with Crippen LogP contribution in [0.5, 0.6) is 0 Å². The molecule has 2 aromatic rings. The molecule has 0 bridgehead atoms. The highest BCUT2D eigenvalue weighted by molar-refractivity contribution is 6.30. The average Bonchev–Trinajstić information content (AvgIpc) is 2.41. The topological polar surface area (TPSA) is 29.3 Å². The maximum absolute atomic E-state index is 13.8. The molecule has 1 aliphatic rings. The number of hydrogen-bond donors (Lipinski definition) is 1. The molecule has 104 valence electrons. The van der Waals surface area contributed by atoms with Crippen molar-refractivity contribution in [1.82, 2.24) is 4.90 Å². The highest BCUT2D eigenvalue weighted by Crippen LogP contribution is 2.24. The number of nitrogen functional groups attached to an aromatic ring is 1. The third-order valence-electron chi connectivity index (χ3n) is 3.73. The summed E-state index contributed by atoms with van der Waals surface area (Å²) in [6.07, 6.45) is 0.977. The van der Waals surface area contributed by atoms with Crippen LogP contribution in [0.3, 0.4) is 0 Å². The van der Waals surface area contributed by atoms with Crippen molar-refractivity contribution in [1.29, 1.82) is 0 Å². The average molecular weight is 291 g/mol. The van der Waals surface area contributed by atoms with Crippen molar-refractivity contribution in [3.63, 3.8) is 0 Å². The van der Waals surface area contributed by atoms with Gasteiger partial charge in [0.15, 0.2) is 0 Å². The lowest BCUT2D eigenvalue weighted by atomic mass is 9.98. The summed E-state index contributed by atoms with van der Waals surface area (Å²) in [4.78, 5) is 2.23. The summed E-state index contributed by atoms with van der Waals surface area (Å²) in [6.45, 7) is 2.33. The molecule has 0 fully saturated rings. The largest absolute Gasteiger partial charge is 0.399 e. The van der Waals surface area contributed by atoms with Gasteiger partial charge in [0, 0.05) is 35.9 Å². The van der Waals surface area contributed by atoms with Crippen LogP contribution in [0, 0.1) is 5.82 Å². The van der Waals surface area contributed by atoms with Gasteiger partial charge in [-0.05, 0) is 41.8 Å². The molecule has 2 aromatic carbocycles. The molecule has 0 amide bonds. The Morgan fingerprint density at radius 1 is 1.15 bits per heavy atom. The Hall–Kier alpha value is -1.58. The van der Waals surface area contributed by atoms with Gasteiger partial charge in [0.05, 0.1) is 0 Å². The fourth-order valence-corrected chi connectivity index (χ4v) is 2.82. The van der Waals surface area contributed by atoms with Crippen LogP contribution in [-0.4, -0.2) is 11.4 Å². The first-order valence-electron chi connectivity index (χ1n) is 6.65. The summed E-state index contributed by atoms with van der Waals surface area (Å²) in [5.41, 5.74) is 9.87. The molecule has 2 nitrogen and oxygen atoms in total. The van der Waals surface area contributed by atoms with Gasteiger partial charge in [-0.25, -0.2) is 4.39 Å². The zero-order valence-corrected chi connectivity index (χ0v) is 11.8. The fraction of sp³-hybridized carbons (Fsp3) is 0.250. The second-order valence-electron chi connectivity index (χ2n) is 5.22. The van der Waals surface area contributed by atoms with Crippen molar-refractivity contribution in [3.05, 3.63) is 63.9 Å². The maximum Gasteiger partial charge on any atom is 0.129 e. The maximum atomic E-state index is 13.8. The highest BCUT2D eigenvalue weighted by Gasteiger charge is 2.17. The number of hydrogen-bond acceptors (Lipinski definition) is 2. The summed E-state index contributed by atoms with van der Waals surface area (Å²) >= 11 is 5.78. The predicted molar refractivity (Wildman–Crippen MR) is 80.1 cm³/mol. The van der Waals surface area contributed by atoms with Crippen molar-refractivity contribution in [2.75, 3.05) is 12.3 Å². The monoisotopic (exact) mass is 290 g/mol. The lowest BCUT2D eigenvalue weighted by Gasteiger charge is -2.29. The second-order valence-corrected chi connectivity index (χ2v) is 5.66. The molecule has 0 spiro atoms. The number of anilines is 1. The van der Waals surface area contributed by atoms with Crippen molar-refractivity contribution >= 4 is 17.3 Å². The van der Waals surface area contributed by atoms with Crippen LogP contribution in [0.4, 0.5) is 10.1 Å². The molecular weight excluding hydrogens is 275 g/mol. The van der Waals surface area contributed by atoms with E-state index in [0.29, 0.717) is 17.1 Å². The zero-order chi connectivity index (χ0) is 14.1. The third kappa shape index (κ3) is 2.79. The van der Waals surface area contributed by atoms with Gasteiger partial charge in [-0.3, -0.25) is 4.90 Å². The molecule has 0 unspecified atom stereocenters. The number of benzene rings is 2. The normalized spacial score (nSPS) is 15.1. The summed E-state index contributed by atoms with van der Waals surface area (Å²) in [7, 11) is 0. The minimum absolute atomic E-state index is 0.240. The molecule has 0 aromatic heterocycles. The smallest absolute Gasteiger partial charge is 0.129 e.